The van der Waals surface area contributed by atoms with Crippen LogP contribution in [0, 0.1) is 6.92 Å². The molecule has 1 amide bonds. The zero-order valence-corrected chi connectivity index (χ0v) is 10.4. The van der Waals surface area contributed by atoms with E-state index in [1.165, 1.54) is 11.8 Å². The van der Waals surface area contributed by atoms with Crippen LogP contribution in [-0.4, -0.2) is 22.1 Å². The van der Waals surface area contributed by atoms with Crippen LogP contribution in [-0.2, 0) is 0 Å². The smallest absolute Gasteiger partial charge is 0.276 e. The fourth-order valence-corrected chi connectivity index (χ4v) is 1.29. The Kier molecular flexibility index (Phi) is 4.14. The van der Waals surface area contributed by atoms with E-state index in [1.54, 1.807) is 13.2 Å². The summed E-state index contributed by atoms with van der Waals surface area (Å²) < 4.78 is 0. The molecule has 0 unspecified atom stereocenters. The van der Waals surface area contributed by atoms with E-state index in [0.717, 1.165) is 0 Å². The number of carbonyl (C=O) groups excluding carboxylic acids is 1. The molecule has 0 aromatic carbocycles. The van der Waals surface area contributed by atoms with Crippen LogP contribution < -0.4 is 11.1 Å². The number of amides is 1. The number of hydrogen-bond donors (Lipinski definition) is 2. The van der Waals surface area contributed by atoms with Crippen LogP contribution in [0.3, 0.4) is 0 Å². The molecule has 86 valence electrons. The molecule has 0 radical (unpaired) electrons. The molecule has 3 N–H and O–H groups in total. The third-order valence-corrected chi connectivity index (χ3v) is 2.64. The van der Waals surface area contributed by atoms with Crippen molar-refractivity contribution < 1.29 is 4.79 Å². The maximum Gasteiger partial charge on any atom is 0.276 e. The Labute approximate surface area is 102 Å². The van der Waals surface area contributed by atoms with Gasteiger partial charge in [-0.3, -0.25) is 4.79 Å². The lowest BCUT2D eigenvalue weighted by Crippen LogP contribution is -2.23. The van der Waals surface area contributed by atoms with Gasteiger partial charge in [-0.15, -0.1) is 11.8 Å². The number of nitrogens with zero attached hydrogens (tertiary/aromatic N) is 2. The Hall–Kier alpha value is -1.27. The molecule has 0 atom stereocenters. The number of nitrogens with one attached hydrogen (secondary N) is 1. The average Bonchev–Trinajstić information content (AvgIpc) is 2.23. The largest absolute Gasteiger partial charge is 0.381 e. The Morgan fingerprint density at radius 1 is 1.56 bits per heavy atom. The summed E-state index contributed by atoms with van der Waals surface area (Å²) in [6.45, 7) is 5.27. The molecule has 0 aliphatic rings. The lowest BCUT2D eigenvalue weighted by Gasteiger charge is -2.07. The number of rotatable bonds is 3. The topological polar surface area (TPSA) is 80.9 Å². The average molecular weight is 259 g/mol. The van der Waals surface area contributed by atoms with E-state index in [2.05, 4.69) is 21.9 Å². The van der Waals surface area contributed by atoms with Gasteiger partial charge in [-0.1, -0.05) is 18.2 Å². The van der Waals surface area contributed by atoms with Crippen molar-refractivity contribution in [2.45, 2.75) is 6.92 Å². The molecule has 0 aliphatic carbocycles. The fourth-order valence-electron chi connectivity index (χ4n) is 0.968. The van der Waals surface area contributed by atoms with Crippen molar-refractivity contribution >= 4 is 35.1 Å². The van der Waals surface area contributed by atoms with E-state index in [1.807, 2.05) is 0 Å². The lowest BCUT2D eigenvalue weighted by atomic mass is 10.3. The molecule has 16 heavy (non-hydrogen) atoms. The van der Waals surface area contributed by atoms with Gasteiger partial charge >= 0.3 is 0 Å². The molecule has 1 aromatic rings. The van der Waals surface area contributed by atoms with Gasteiger partial charge in [-0.05, 0) is 13.2 Å². The van der Waals surface area contributed by atoms with Crippen molar-refractivity contribution in [1.82, 2.24) is 15.3 Å². The fraction of sp³-hybridized carbons (Fsp3) is 0.222. The van der Waals surface area contributed by atoms with Crippen molar-refractivity contribution in [3.05, 3.63) is 28.1 Å². The Morgan fingerprint density at radius 2 is 2.19 bits per heavy atom. The molecular formula is C9H11ClN4OS. The number of nitrogens with two attached hydrogens (primary N) is 1. The number of carbonyl (C=O) groups is 1. The second kappa shape index (κ2) is 5.18. The van der Waals surface area contributed by atoms with Crippen LogP contribution in [0.1, 0.15) is 16.2 Å². The monoisotopic (exact) mass is 258 g/mol. The standard InChI is InChI=1S/C9H11ClN4OS/c1-4-6(9(15)13-5(2)16-3)14-7(10)8(11)12-4/h2H2,1,3H3,(H2,11,12)(H,13,15). The highest BCUT2D eigenvalue weighted by atomic mass is 35.5. The van der Waals surface area contributed by atoms with Crippen molar-refractivity contribution in [2.75, 3.05) is 12.0 Å². The van der Waals surface area contributed by atoms with Crippen LogP contribution in [0.2, 0.25) is 5.15 Å². The molecule has 0 bridgehead atoms. The maximum atomic E-state index is 11.7. The van der Waals surface area contributed by atoms with E-state index in [-0.39, 0.29) is 16.7 Å². The third kappa shape index (κ3) is 2.86. The molecule has 0 saturated heterocycles. The van der Waals surface area contributed by atoms with Crippen molar-refractivity contribution in [3.63, 3.8) is 0 Å². The Balaban J connectivity index is 3.00. The first-order valence-corrected chi connectivity index (χ1v) is 5.89. The summed E-state index contributed by atoms with van der Waals surface area (Å²) in [5, 5.41) is 3.11. The minimum Gasteiger partial charge on any atom is -0.381 e. The molecular weight excluding hydrogens is 248 g/mol. The van der Waals surface area contributed by atoms with Crippen molar-refractivity contribution in [2.24, 2.45) is 0 Å². The first kappa shape index (κ1) is 12.8. The normalized spacial score (nSPS) is 9.94. The zero-order chi connectivity index (χ0) is 12.3. The van der Waals surface area contributed by atoms with Gasteiger partial charge in [0, 0.05) is 0 Å². The summed E-state index contributed by atoms with van der Waals surface area (Å²) in [5.41, 5.74) is 6.03. The summed E-state index contributed by atoms with van der Waals surface area (Å²) >= 11 is 7.02. The second-order valence-electron chi connectivity index (χ2n) is 2.92. The first-order chi connectivity index (χ1) is 7.45. The van der Waals surface area contributed by atoms with Crippen LogP contribution in [0.4, 0.5) is 5.82 Å². The minimum atomic E-state index is -0.397. The van der Waals surface area contributed by atoms with Crippen LogP contribution in [0.5, 0.6) is 0 Å². The van der Waals surface area contributed by atoms with Gasteiger partial charge < -0.3 is 11.1 Å². The second-order valence-corrected chi connectivity index (χ2v) is 4.17. The summed E-state index contributed by atoms with van der Waals surface area (Å²) in [7, 11) is 0. The SMILES string of the molecule is C=C(NC(=O)c1nc(Cl)c(N)nc1C)SC. The number of nitrogen functional groups attached to an aromatic ring is 1. The van der Waals surface area contributed by atoms with Gasteiger partial charge in [0.05, 0.1) is 10.7 Å². The summed E-state index contributed by atoms with van der Waals surface area (Å²) in [4.78, 5) is 19.5. The van der Waals surface area contributed by atoms with Gasteiger partial charge in [0.15, 0.2) is 16.7 Å². The molecule has 5 nitrogen and oxygen atoms in total. The summed E-state index contributed by atoms with van der Waals surface area (Å²) in [6.07, 6.45) is 1.80. The van der Waals surface area contributed by atoms with Gasteiger partial charge in [0.25, 0.3) is 5.91 Å². The minimum absolute atomic E-state index is 0.0190. The summed E-state index contributed by atoms with van der Waals surface area (Å²) in [5.74, 6) is -0.286. The molecule has 0 fully saturated rings. The van der Waals surface area contributed by atoms with Crippen LogP contribution in [0.25, 0.3) is 0 Å². The molecule has 1 rings (SSSR count). The number of halogens is 1. The zero-order valence-electron chi connectivity index (χ0n) is 8.87. The predicted molar refractivity (Wildman–Crippen MR) is 66.3 cm³/mol. The van der Waals surface area contributed by atoms with E-state index >= 15 is 0 Å². The van der Waals surface area contributed by atoms with Crippen LogP contribution >= 0.6 is 23.4 Å². The Morgan fingerprint density at radius 3 is 2.75 bits per heavy atom. The van der Waals surface area contributed by atoms with Crippen molar-refractivity contribution in [3.8, 4) is 0 Å². The summed E-state index contributed by atoms with van der Waals surface area (Å²) in [6, 6.07) is 0. The highest BCUT2D eigenvalue weighted by Gasteiger charge is 2.15. The number of hydrogen-bond acceptors (Lipinski definition) is 5. The van der Waals surface area contributed by atoms with Gasteiger partial charge in [-0.2, -0.15) is 0 Å². The molecule has 0 spiro atoms. The molecule has 0 aliphatic heterocycles. The quantitative estimate of drug-likeness (QED) is 0.860. The first-order valence-electron chi connectivity index (χ1n) is 4.29. The van der Waals surface area contributed by atoms with Crippen LogP contribution in [0.15, 0.2) is 11.6 Å². The number of aromatic nitrogens is 2. The van der Waals surface area contributed by atoms with E-state index in [0.29, 0.717) is 10.7 Å². The molecule has 1 heterocycles. The molecule has 1 aromatic heterocycles. The molecule has 0 saturated carbocycles. The highest BCUT2D eigenvalue weighted by Crippen LogP contribution is 2.16. The third-order valence-electron chi connectivity index (χ3n) is 1.77. The van der Waals surface area contributed by atoms with Gasteiger partial charge in [-0.25, -0.2) is 9.97 Å². The predicted octanol–water partition coefficient (Wildman–Crippen LogP) is 1.58. The van der Waals surface area contributed by atoms with E-state index < -0.39 is 5.91 Å². The van der Waals surface area contributed by atoms with E-state index in [9.17, 15) is 4.79 Å². The number of aryl methyl sites for hydroxylation is 1. The highest BCUT2D eigenvalue weighted by molar-refractivity contribution is 8.02. The number of anilines is 1. The maximum absolute atomic E-state index is 11.7. The van der Waals surface area contributed by atoms with E-state index in [4.69, 9.17) is 17.3 Å². The van der Waals surface area contributed by atoms with Crippen molar-refractivity contribution in [1.29, 1.82) is 0 Å². The molecule has 7 heteroatoms. The Bertz CT molecular complexity index is 449. The lowest BCUT2D eigenvalue weighted by molar-refractivity contribution is 0.0963. The number of thioether (sulfide) groups is 1. The van der Waals surface area contributed by atoms with Gasteiger partial charge in [0.2, 0.25) is 0 Å². The van der Waals surface area contributed by atoms with Gasteiger partial charge in [0.1, 0.15) is 0 Å².